The van der Waals surface area contributed by atoms with Crippen molar-refractivity contribution in [3.8, 4) is 18.1 Å². The lowest BCUT2D eigenvalue weighted by Crippen LogP contribution is -2.48. The van der Waals surface area contributed by atoms with Crippen molar-refractivity contribution in [2.45, 2.75) is 77.4 Å². The van der Waals surface area contributed by atoms with Crippen LogP contribution in [0.25, 0.3) is 0 Å². The van der Waals surface area contributed by atoms with E-state index in [0.717, 1.165) is 25.7 Å². The number of nitrogens with zero attached hydrogens (tertiary/aromatic N) is 2. The average molecular weight is 540 g/mol. The second-order valence-electron chi connectivity index (χ2n) is 11.3. The average Bonchev–Trinajstić information content (AvgIpc) is 2.91. The molecule has 1 aromatic rings. The molecule has 1 N–H and O–H groups in total. The van der Waals surface area contributed by atoms with Crippen LogP contribution in [0, 0.1) is 24.2 Å². The molecule has 0 saturated carbocycles. The normalized spacial score (nSPS) is 19.0. The van der Waals surface area contributed by atoms with E-state index in [9.17, 15) is 19.2 Å². The van der Waals surface area contributed by atoms with Crippen molar-refractivity contribution in [3.63, 3.8) is 0 Å². The molecule has 3 rings (SSSR count). The molecule has 1 aromatic carbocycles. The summed E-state index contributed by atoms with van der Waals surface area (Å²) in [6.45, 7) is 7.80. The Balaban J connectivity index is 1.39. The van der Waals surface area contributed by atoms with Crippen molar-refractivity contribution in [1.29, 1.82) is 0 Å². The van der Waals surface area contributed by atoms with Crippen LogP contribution < -0.4 is 10.1 Å². The molecule has 3 amide bonds. The summed E-state index contributed by atoms with van der Waals surface area (Å²) in [5.74, 6) is 2.14. The first-order chi connectivity index (χ1) is 18.5. The van der Waals surface area contributed by atoms with Crippen molar-refractivity contribution in [1.82, 2.24) is 15.1 Å². The number of nitrogens with one attached hydrogen (secondary N) is 1. The Morgan fingerprint density at radius 2 is 1.74 bits per heavy atom. The highest BCUT2D eigenvalue weighted by atomic mass is 16.6. The molecule has 0 aliphatic carbocycles. The lowest BCUT2D eigenvalue weighted by Gasteiger charge is -2.34. The number of esters is 1. The quantitative estimate of drug-likeness (QED) is 0.306. The van der Waals surface area contributed by atoms with Crippen LogP contribution in [-0.2, 0) is 19.1 Å². The number of terminal acetylenes is 1. The molecule has 0 spiro atoms. The van der Waals surface area contributed by atoms with Crippen LogP contribution in [0.1, 0.15) is 65.7 Å². The van der Waals surface area contributed by atoms with Gasteiger partial charge in [-0.15, -0.1) is 6.42 Å². The predicted octanol–water partition coefficient (Wildman–Crippen LogP) is 3.77. The van der Waals surface area contributed by atoms with Crippen LogP contribution in [0.3, 0.4) is 0 Å². The molecule has 9 nitrogen and oxygen atoms in total. The van der Waals surface area contributed by atoms with Crippen LogP contribution in [-0.4, -0.2) is 71.5 Å². The molecular weight excluding hydrogens is 498 g/mol. The minimum Gasteiger partial charge on any atom is -0.444 e. The minimum absolute atomic E-state index is 0.0435. The fourth-order valence-electron chi connectivity index (χ4n) is 4.90. The molecule has 2 atom stereocenters. The van der Waals surface area contributed by atoms with Gasteiger partial charge in [0.15, 0.2) is 0 Å². The number of carbonyl (C=O) groups excluding carboxylic acids is 4. The topological polar surface area (TPSA) is 105 Å². The van der Waals surface area contributed by atoms with E-state index < -0.39 is 17.6 Å². The van der Waals surface area contributed by atoms with Crippen LogP contribution in [0.2, 0.25) is 0 Å². The largest absolute Gasteiger partial charge is 0.444 e. The molecule has 0 aromatic heterocycles. The van der Waals surface area contributed by atoms with E-state index in [1.54, 1.807) is 34.1 Å². The number of likely N-dealkylation sites (tertiary alicyclic amines) is 2. The molecule has 2 saturated heterocycles. The zero-order valence-corrected chi connectivity index (χ0v) is 23.3. The van der Waals surface area contributed by atoms with Gasteiger partial charge in [-0.2, -0.15) is 0 Å². The molecule has 2 heterocycles. The molecule has 2 aliphatic heterocycles. The summed E-state index contributed by atoms with van der Waals surface area (Å²) in [4.78, 5) is 53.9. The van der Waals surface area contributed by atoms with Crippen LogP contribution in [0.15, 0.2) is 30.3 Å². The highest BCUT2D eigenvalue weighted by Crippen LogP contribution is 2.25. The number of para-hydroxylation sites is 1. The number of ether oxygens (including phenoxy) is 2. The van der Waals surface area contributed by atoms with E-state index in [2.05, 4.69) is 11.2 Å². The Hall–Kier alpha value is -3.54. The van der Waals surface area contributed by atoms with Crippen molar-refractivity contribution >= 4 is 23.9 Å². The fraction of sp³-hybridized carbons (Fsp3) is 0.600. The lowest BCUT2D eigenvalue weighted by molar-refractivity contribution is -0.136. The van der Waals surface area contributed by atoms with E-state index in [-0.39, 0.29) is 30.2 Å². The maximum absolute atomic E-state index is 13.0. The van der Waals surface area contributed by atoms with Crippen LogP contribution in [0.5, 0.6) is 5.75 Å². The summed E-state index contributed by atoms with van der Waals surface area (Å²) in [7, 11) is 0. The zero-order valence-electron chi connectivity index (χ0n) is 23.3. The lowest BCUT2D eigenvalue weighted by atomic mass is 9.91. The predicted molar refractivity (Wildman–Crippen MR) is 147 cm³/mol. The molecular formula is C30H41N3O6. The first kappa shape index (κ1) is 30.0. The zero-order chi connectivity index (χ0) is 28.4. The first-order valence-corrected chi connectivity index (χ1v) is 13.8. The summed E-state index contributed by atoms with van der Waals surface area (Å²) in [5, 5.41) is 2.77. The third-order valence-electron chi connectivity index (χ3n) is 7.04. The molecule has 212 valence electrons. The SMILES string of the molecule is C#C[C@H](CC(=O)Oc1ccccc1)NC(=O)[C@@H]1CCCN(C(=O)CCC2CCN(C(=O)OC(C)(C)C)CC2)C1. The Morgan fingerprint density at radius 1 is 1.05 bits per heavy atom. The van der Waals surface area contributed by atoms with E-state index in [4.69, 9.17) is 15.9 Å². The second-order valence-corrected chi connectivity index (χ2v) is 11.3. The Morgan fingerprint density at radius 3 is 2.38 bits per heavy atom. The molecule has 0 radical (unpaired) electrons. The Kier molecular flexibility index (Phi) is 10.8. The minimum atomic E-state index is -0.786. The van der Waals surface area contributed by atoms with Gasteiger partial charge in [-0.25, -0.2) is 4.79 Å². The first-order valence-electron chi connectivity index (χ1n) is 13.8. The van der Waals surface area contributed by atoms with Crippen molar-refractivity contribution in [3.05, 3.63) is 30.3 Å². The Bertz CT molecular complexity index is 1040. The van der Waals surface area contributed by atoms with Crippen molar-refractivity contribution in [2.24, 2.45) is 11.8 Å². The number of hydrogen-bond donors (Lipinski definition) is 1. The number of rotatable bonds is 8. The van der Waals surface area contributed by atoms with Gasteiger partial charge in [0.2, 0.25) is 11.8 Å². The van der Waals surface area contributed by atoms with Gasteiger partial charge in [0.1, 0.15) is 17.4 Å². The summed E-state index contributed by atoms with van der Waals surface area (Å²) in [5.41, 5.74) is -0.514. The molecule has 39 heavy (non-hydrogen) atoms. The molecule has 2 aliphatic rings. The molecule has 0 unspecified atom stereocenters. The molecule has 9 heteroatoms. The number of benzene rings is 1. The fourth-order valence-corrected chi connectivity index (χ4v) is 4.90. The Labute approximate surface area is 231 Å². The standard InChI is InChI=1S/C30H41N3O6/c1-5-24(20-27(35)38-25-11-7-6-8-12-25)31-28(36)23-10-9-17-33(21-23)26(34)14-13-22-15-18-32(19-16-22)29(37)39-30(2,3)4/h1,6-8,11-12,22-24H,9-10,13-21H2,2-4H3,(H,31,36)/t23-,24-/m1/s1. The van der Waals surface area contributed by atoms with E-state index in [0.29, 0.717) is 50.7 Å². The number of hydrogen-bond acceptors (Lipinski definition) is 6. The van der Waals surface area contributed by atoms with E-state index in [1.807, 2.05) is 26.8 Å². The summed E-state index contributed by atoms with van der Waals surface area (Å²) in [6.07, 6.45) is 9.40. The highest BCUT2D eigenvalue weighted by molar-refractivity contribution is 5.83. The molecule has 0 bridgehead atoms. The maximum atomic E-state index is 13.0. The molecule has 2 fully saturated rings. The number of amides is 3. The van der Waals surface area contributed by atoms with Crippen LogP contribution in [0.4, 0.5) is 4.79 Å². The van der Waals surface area contributed by atoms with Crippen molar-refractivity contribution < 1.29 is 28.7 Å². The third kappa shape index (κ3) is 9.93. The van der Waals surface area contributed by atoms with Gasteiger partial charge in [0.05, 0.1) is 12.3 Å². The summed E-state index contributed by atoms with van der Waals surface area (Å²) < 4.78 is 10.7. The van der Waals surface area contributed by atoms with Crippen LogP contribution >= 0.6 is 0 Å². The van der Waals surface area contributed by atoms with Crippen molar-refractivity contribution in [2.75, 3.05) is 26.2 Å². The van der Waals surface area contributed by atoms with Gasteiger partial charge in [0, 0.05) is 32.6 Å². The monoisotopic (exact) mass is 539 g/mol. The smallest absolute Gasteiger partial charge is 0.410 e. The van der Waals surface area contributed by atoms with E-state index in [1.165, 1.54) is 0 Å². The highest BCUT2D eigenvalue weighted by Gasteiger charge is 2.31. The van der Waals surface area contributed by atoms with Gasteiger partial charge < -0.3 is 24.6 Å². The number of carbonyl (C=O) groups is 4. The van der Waals surface area contributed by atoms with Gasteiger partial charge in [-0.05, 0) is 70.9 Å². The second kappa shape index (κ2) is 14.0. The van der Waals surface area contributed by atoms with Gasteiger partial charge >= 0.3 is 12.1 Å². The van der Waals surface area contributed by atoms with Gasteiger partial charge in [-0.3, -0.25) is 14.4 Å². The number of piperidine rings is 2. The summed E-state index contributed by atoms with van der Waals surface area (Å²) >= 11 is 0. The van der Waals surface area contributed by atoms with Gasteiger partial charge in [0.25, 0.3) is 0 Å². The maximum Gasteiger partial charge on any atom is 0.410 e. The summed E-state index contributed by atoms with van der Waals surface area (Å²) in [6, 6.07) is 7.89. The van der Waals surface area contributed by atoms with Gasteiger partial charge in [-0.1, -0.05) is 24.1 Å². The third-order valence-corrected chi connectivity index (χ3v) is 7.04. The van der Waals surface area contributed by atoms with E-state index >= 15 is 0 Å².